The molecule has 16 heavy (non-hydrogen) atoms. The summed E-state index contributed by atoms with van der Waals surface area (Å²) in [5.41, 5.74) is -0.478. The topological polar surface area (TPSA) is 49.8 Å². The molecule has 94 valence electrons. The lowest BCUT2D eigenvalue weighted by Gasteiger charge is -2.39. The minimum Gasteiger partial charge on any atom is -0.444 e. The summed E-state index contributed by atoms with van der Waals surface area (Å²) in [7, 11) is 0. The summed E-state index contributed by atoms with van der Waals surface area (Å²) in [6.45, 7) is 10.6. The number of carbonyl (C=O) groups is 1. The third-order valence-corrected chi connectivity index (χ3v) is 3.07. The molecule has 1 aliphatic heterocycles. The lowest BCUT2D eigenvalue weighted by molar-refractivity contribution is -0.0258. The van der Waals surface area contributed by atoms with E-state index in [4.69, 9.17) is 4.74 Å². The number of aliphatic hydroxyl groups excluding tert-OH is 1. The van der Waals surface area contributed by atoms with Crippen molar-refractivity contribution in [1.82, 2.24) is 4.90 Å². The molecule has 0 aromatic carbocycles. The van der Waals surface area contributed by atoms with Crippen LogP contribution in [0.1, 0.15) is 34.6 Å². The number of piperidine rings is 1. The van der Waals surface area contributed by atoms with Gasteiger partial charge in [0.15, 0.2) is 0 Å². The van der Waals surface area contributed by atoms with Gasteiger partial charge in [-0.25, -0.2) is 4.79 Å². The zero-order valence-corrected chi connectivity index (χ0v) is 10.9. The molecule has 1 rings (SSSR count). The maximum absolute atomic E-state index is 11.8. The molecule has 4 nitrogen and oxygen atoms in total. The van der Waals surface area contributed by atoms with Crippen LogP contribution in [0.5, 0.6) is 0 Å². The second-order valence-corrected chi connectivity index (χ2v) is 5.79. The summed E-state index contributed by atoms with van der Waals surface area (Å²) < 4.78 is 5.28. The Hall–Kier alpha value is -0.770. The average Bonchev–Trinajstić information content (AvgIpc) is 2.10. The van der Waals surface area contributed by atoms with Gasteiger partial charge in [-0.3, -0.25) is 0 Å². The summed E-state index contributed by atoms with van der Waals surface area (Å²) in [5, 5.41) is 9.82. The molecule has 1 saturated heterocycles. The SMILES string of the molecule is C[C@@H]1[C@H](O)CN(C(=O)OC(C)(C)C)C[C@@H]1C. The standard InChI is InChI=1S/C12H23NO3/c1-8-6-13(7-10(14)9(8)2)11(15)16-12(3,4)5/h8-10,14H,6-7H2,1-5H3/t8-,9-,10+/m0/s1. The zero-order chi connectivity index (χ0) is 12.5. The number of β-amino-alcohol motifs (C(OH)–C–C–N with tert-alkyl or cyclic N) is 1. The fourth-order valence-electron chi connectivity index (χ4n) is 1.84. The van der Waals surface area contributed by atoms with Gasteiger partial charge in [0.1, 0.15) is 5.60 Å². The van der Waals surface area contributed by atoms with Gasteiger partial charge in [-0.05, 0) is 32.6 Å². The molecule has 0 aromatic rings. The molecule has 1 heterocycles. The number of nitrogens with zero attached hydrogens (tertiary/aromatic N) is 1. The molecule has 1 aliphatic rings. The van der Waals surface area contributed by atoms with Crippen molar-refractivity contribution in [2.45, 2.75) is 46.3 Å². The third kappa shape index (κ3) is 3.37. The molecule has 0 radical (unpaired) electrons. The summed E-state index contributed by atoms with van der Waals surface area (Å²) in [6.07, 6.45) is -0.776. The molecule has 0 aliphatic carbocycles. The van der Waals surface area contributed by atoms with Gasteiger partial charge in [-0.1, -0.05) is 13.8 Å². The summed E-state index contributed by atoms with van der Waals surface area (Å²) >= 11 is 0. The van der Waals surface area contributed by atoms with Crippen molar-refractivity contribution in [2.24, 2.45) is 11.8 Å². The predicted molar refractivity (Wildman–Crippen MR) is 62.1 cm³/mol. The average molecular weight is 229 g/mol. The summed E-state index contributed by atoms with van der Waals surface area (Å²) in [5.74, 6) is 0.537. The van der Waals surface area contributed by atoms with Crippen molar-refractivity contribution in [3.63, 3.8) is 0 Å². The van der Waals surface area contributed by atoms with E-state index in [2.05, 4.69) is 0 Å². The lowest BCUT2D eigenvalue weighted by atomic mass is 9.86. The Labute approximate surface area is 97.6 Å². The first-order valence-corrected chi connectivity index (χ1v) is 5.86. The molecule has 0 aromatic heterocycles. The first-order chi connectivity index (χ1) is 7.20. The van der Waals surface area contributed by atoms with Crippen LogP contribution in [0.3, 0.4) is 0 Å². The Kier molecular flexibility index (Phi) is 3.84. The van der Waals surface area contributed by atoms with Crippen molar-refractivity contribution in [1.29, 1.82) is 0 Å². The maximum atomic E-state index is 11.8. The molecule has 0 bridgehead atoms. The van der Waals surface area contributed by atoms with Gasteiger partial charge >= 0.3 is 6.09 Å². The zero-order valence-electron chi connectivity index (χ0n) is 10.9. The Balaban J connectivity index is 2.58. The highest BCUT2D eigenvalue weighted by Gasteiger charge is 2.34. The van der Waals surface area contributed by atoms with Gasteiger partial charge < -0.3 is 14.7 Å². The van der Waals surface area contributed by atoms with Crippen LogP contribution in [-0.4, -0.2) is 40.9 Å². The molecule has 0 saturated carbocycles. The van der Waals surface area contributed by atoms with Gasteiger partial charge in [0.05, 0.1) is 12.6 Å². The van der Waals surface area contributed by atoms with Crippen LogP contribution >= 0.6 is 0 Å². The minimum absolute atomic E-state index is 0.235. The van der Waals surface area contributed by atoms with E-state index < -0.39 is 11.7 Å². The van der Waals surface area contributed by atoms with Crippen molar-refractivity contribution in [3.8, 4) is 0 Å². The van der Waals surface area contributed by atoms with Gasteiger partial charge in [0.2, 0.25) is 0 Å². The Morgan fingerprint density at radius 3 is 2.31 bits per heavy atom. The van der Waals surface area contributed by atoms with E-state index in [0.717, 1.165) is 0 Å². The fraction of sp³-hybridized carbons (Fsp3) is 0.917. The highest BCUT2D eigenvalue weighted by molar-refractivity contribution is 5.68. The van der Waals surface area contributed by atoms with Crippen LogP contribution in [0.4, 0.5) is 4.79 Å². The highest BCUT2D eigenvalue weighted by Crippen LogP contribution is 2.24. The van der Waals surface area contributed by atoms with E-state index in [9.17, 15) is 9.90 Å². The molecule has 4 heteroatoms. The molecular weight excluding hydrogens is 206 g/mol. The molecule has 1 fully saturated rings. The number of amides is 1. The van der Waals surface area contributed by atoms with E-state index >= 15 is 0 Å². The minimum atomic E-state index is -0.478. The van der Waals surface area contributed by atoms with Gasteiger partial charge in [0, 0.05) is 6.54 Å². The van der Waals surface area contributed by atoms with Crippen molar-refractivity contribution < 1.29 is 14.6 Å². The summed E-state index contributed by atoms with van der Waals surface area (Å²) in [4.78, 5) is 13.4. The molecule has 1 N–H and O–H groups in total. The van der Waals surface area contributed by atoms with E-state index in [0.29, 0.717) is 19.0 Å². The fourth-order valence-corrected chi connectivity index (χ4v) is 1.84. The molecule has 3 atom stereocenters. The van der Waals surface area contributed by atoms with Crippen LogP contribution in [0, 0.1) is 11.8 Å². The van der Waals surface area contributed by atoms with Crippen LogP contribution in [0.25, 0.3) is 0 Å². The second-order valence-electron chi connectivity index (χ2n) is 5.79. The van der Waals surface area contributed by atoms with E-state index in [1.807, 2.05) is 34.6 Å². The summed E-state index contributed by atoms with van der Waals surface area (Å²) in [6, 6.07) is 0. The molecule has 0 spiro atoms. The predicted octanol–water partition coefficient (Wildman–Crippen LogP) is 1.87. The van der Waals surface area contributed by atoms with E-state index in [-0.39, 0.29) is 12.0 Å². The molecule has 1 amide bonds. The first-order valence-electron chi connectivity index (χ1n) is 5.86. The van der Waals surface area contributed by atoms with E-state index in [1.54, 1.807) is 4.90 Å². The smallest absolute Gasteiger partial charge is 0.410 e. The Morgan fingerprint density at radius 1 is 1.31 bits per heavy atom. The monoisotopic (exact) mass is 229 g/mol. The first kappa shape index (κ1) is 13.3. The van der Waals surface area contributed by atoms with Gasteiger partial charge in [-0.15, -0.1) is 0 Å². The van der Waals surface area contributed by atoms with Crippen LogP contribution < -0.4 is 0 Å². The Bertz CT molecular complexity index is 247. The van der Waals surface area contributed by atoms with Crippen LogP contribution in [-0.2, 0) is 4.74 Å². The highest BCUT2D eigenvalue weighted by atomic mass is 16.6. The van der Waals surface area contributed by atoms with Crippen molar-refractivity contribution in [3.05, 3.63) is 0 Å². The van der Waals surface area contributed by atoms with Crippen LogP contribution in [0.15, 0.2) is 0 Å². The number of hydrogen-bond acceptors (Lipinski definition) is 3. The second kappa shape index (κ2) is 4.62. The van der Waals surface area contributed by atoms with Crippen molar-refractivity contribution in [2.75, 3.05) is 13.1 Å². The largest absolute Gasteiger partial charge is 0.444 e. The quantitative estimate of drug-likeness (QED) is 0.690. The van der Waals surface area contributed by atoms with E-state index in [1.165, 1.54) is 0 Å². The number of ether oxygens (including phenoxy) is 1. The van der Waals surface area contributed by atoms with Gasteiger partial charge in [-0.2, -0.15) is 0 Å². The number of carbonyl (C=O) groups excluding carboxylic acids is 1. The molecular formula is C12H23NO3. The Morgan fingerprint density at radius 2 is 1.88 bits per heavy atom. The molecule has 0 unspecified atom stereocenters. The number of likely N-dealkylation sites (tertiary alicyclic amines) is 1. The number of hydrogen-bond donors (Lipinski definition) is 1. The van der Waals surface area contributed by atoms with Crippen molar-refractivity contribution >= 4 is 6.09 Å². The lowest BCUT2D eigenvalue weighted by Crippen LogP contribution is -2.51. The van der Waals surface area contributed by atoms with Crippen LogP contribution in [0.2, 0.25) is 0 Å². The number of aliphatic hydroxyl groups is 1. The third-order valence-electron chi connectivity index (χ3n) is 3.07. The number of rotatable bonds is 0. The maximum Gasteiger partial charge on any atom is 0.410 e. The normalized spacial score (nSPS) is 31.4. The van der Waals surface area contributed by atoms with Gasteiger partial charge in [0.25, 0.3) is 0 Å².